The minimum absolute atomic E-state index is 0.439. The van der Waals surface area contributed by atoms with Crippen LogP contribution in [0.15, 0.2) is 9.98 Å². The van der Waals surface area contributed by atoms with E-state index in [0.29, 0.717) is 25.7 Å². The number of aliphatic imine (C=N–C) groups is 2. The van der Waals surface area contributed by atoms with E-state index in [9.17, 15) is 35.1 Å². The molecule has 0 N–H and O–H groups in total. The lowest BCUT2D eigenvalue weighted by Crippen LogP contribution is -2.27. The SMILES string of the molecule is Fc1c(F)c(F)c(C=N[C@H]2CCCC[C@@H]2N=Cc2c(F)c(F)c(F)c(F)c2I)c(I)c1F. The molecule has 1 fully saturated rings. The molecule has 3 rings (SSSR count). The molecule has 0 aliphatic heterocycles. The molecule has 2 atom stereocenters. The third-order valence-corrected chi connectivity index (χ3v) is 7.08. The van der Waals surface area contributed by atoms with Gasteiger partial charge in [0.2, 0.25) is 0 Å². The Balaban J connectivity index is 1.92. The normalized spacial score (nSPS) is 19.4. The number of benzene rings is 2. The second-order valence-electron chi connectivity index (χ2n) is 6.94. The Labute approximate surface area is 204 Å². The van der Waals surface area contributed by atoms with Crippen LogP contribution in [0.3, 0.4) is 0 Å². The van der Waals surface area contributed by atoms with Gasteiger partial charge in [0.15, 0.2) is 46.5 Å². The lowest BCUT2D eigenvalue weighted by Gasteiger charge is -2.25. The molecular weight excluding hydrogens is 674 g/mol. The zero-order chi connectivity index (χ0) is 23.7. The van der Waals surface area contributed by atoms with Crippen molar-refractivity contribution in [2.75, 3.05) is 0 Å². The first-order valence-corrected chi connectivity index (χ1v) is 11.3. The minimum Gasteiger partial charge on any atom is -0.287 e. The molecular formula is C20H12F8I2N2. The van der Waals surface area contributed by atoms with Gasteiger partial charge in [-0.15, -0.1) is 0 Å². The van der Waals surface area contributed by atoms with Crippen molar-refractivity contribution >= 4 is 57.6 Å². The highest BCUT2D eigenvalue weighted by Crippen LogP contribution is 2.28. The molecule has 12 heteroatoms. The van der Waals surface area contributed by atoms with Crippen molar-refractivity contribution in [2.24, 2.45) is 9.98 Å². The van der Waals surface area contributed by atoms with Gasteiger partial charge in [0.1, 0.15) is 0 Å². The van der Waals surface area contributed by atoms with Crippen LogP contribution in [-0.4, -0.2) is 24.5 Å². The lowest BCUT2D eigenvalue weighted by atomic mass is 9.91. The summed E-state index contributed by atoms with van der Waals surface area (Å²) in [6.45, 7) is 0. The number of hydrogen-bond donors (Lipinski definition) is 0. The molecule has 0 unspecified atom stereocenters. The summed E-state index contributed by atoms with van der Waals surface area (Å²) in [7, 11) is 0. The molecule has 0 radical (unpaired) electrons. The number of nitrogens with zero attached hydrogens (tertiary/aromatic N) is 2. The third-order valence-electron chi connectivity index (χ3n) is 4.97. The van der Waals surface area contributed by atoms with E-state index in [-0.39, 0.29) is 0 Å². The fraction of sp³-hybridized carbons (Fsp3) is 0.300. The van der Waals surface area contributed by atoms with Crippen molar-refractivity contribution in [3.63, 3.8) is 0 Å². The van der Waals surface area contributed by atoms with Gasteiger partial charge in [0, 0.05) is 23.6 Å². The highest BCUT2D eigenvalue weighted by atomic mass is 127. The summed E-state index contributed by atoms with van der Waals surface area (Å²) in [5.41, 5.74) is -1.14. The average Bonchev–Trinajstić information content (AvgIpc) is 2.79. The van der Waals surface area contributed by atoms with E-state index in [1.54, 1.807) is 0 Å². The van der Waals surface area contributed by atoms with Gasteiger partial charge in [0.25, 0.3) is 0 Å². The molecule has 1 saturated carbocycles. The zero-order valence-corrected chi connectivity index (χ0v) is 20.1. The van der Waals surface area contributed by atoms with Gasteiger partial charge < -0.3 is 0 Å². The summed E-state index contributed by atoms with van der Waals surface area (Å²) in [4.78, 5) is 8.26. The first kappa shape index (κ1) is 25.3. The van der Waals surface area contributed by atoms with Crippen LogP contribution < -0.4 is 0 Å². The maximum absolute atomic E-state index is 14.1. The zero-order valence-electron chi connectivity index (χ0n) is 15.8. The summed E-state index contributed by atoms with van der Waals surface area (Å²) in [6.07, 6.45) is 4.03. The van der Waals surface area contributed by atoms with E-state index in [1.165, 1.54) is 45.2 Å². The van der Waals surface area contributed by atoms with Crippen LogP contribution in [-0.2, 0) is 0 Å². The molecule has 1 aliphatic carbocycles. The molecule has 172 valence electrons. The smallest absolute Gasteiger partial charge is 0.198 e. The van der Waals surface area contributed by atoms with Crippen molar-refractivity contribution < 1.29 is 35.1 Å². The van der Waals surface area contributed by atoms with E-state index in [2.05, 4.69) is 9.98 Å². The maximum atomic E-state index is 14.1. The van der Waals surface area contributed by atoms with Crippen molar-refractivity contribution in [3.05, 3.63) is 64.8 Å². The summed E-state index contributed by atoms with van der Waals surface area (Å²) >= 11 is 2.65. The van der Waals surface area contributed by atoms with Gasteiger partial charge in [-0.25, -0.2) is 35.1 Å². The fourth-order valence-corrected chi connectivity index (χ4v) is 4.48. The van der Waals surface area contributed by atoms with Crippen LogP contribution in [0, 0.1) is 53.7 Å². The molecule has 0 aromatic heterocycles. The number of hydrogen-bond acceptors (Lipinski definition) is 2. The number of rotatable bonds is 4. The summed E-state index contributed by atoms with van der Waals surface area (Å²) in [5.74, 6) is -14.1. The molecule has 0 heterocycles. The second kappa shape index (κ2) is 10.3. The van der Waals surface area contributed by atoms with Crippen LogP contribution in [0.5, 0.6) is 0 Å². The first-order chi connectivity index (χ1) is 15.1. The third kappa shape index (κ3) is 4.80. The van der Waals surface area contributed by atoms with Crippen LogP contribution in [0.4, 0.5) is 35.1 Å². The van der Waals surface area contributed by atoms with Crippen LogP contribution in [0.25, 0.3) is 0 Å². The fourth-order valence-electron chi connectivity index (χ4n) is 3.25. The van der Waals surface area contributed by atoms with Gasteiger partial charge in [-0.1, -0.05) is 12.8 Å². The molecule has 32 heavy (non-hydrogen) atoms. The highest BCUT2D eigenvalue weighted by Gasteiger charge is 2.27. The van der Waals surface area contributed by atoms with E-state index >= 15 is 0 Å². The van der Waals surface area contributed by atoms with E-state index in [1.807, 2.05) is 0 Å². The van der Waals surface area contributed by atoms with Crippen molar-refractivity contribution in [1.82, 2.24) is 0 Å². The Morgan fingerprint density at radius 3 is 1.19 bits per heavy atom. The Morgan fingerprint density at radius 2 is 0.844 bits per heavy atom. The molecule has 1 aliphatic rings. The lowest BCUT2D eigenvalue weighted by molar-refractivity contribution is 0.388. The van der Waals surface area contributed by atoms with Gasteiger partial charge in [0.05, 0.1) is 19.2 Å². The Morgan fingerprint density at radius 1 is 0.531 bits per heavy atom. The molecule has 0 saturated heterocycles. The van der Waals surface area contributed by atoms with E-state index in [0.717, 1.165) is 12.4 Å². The van der Waals surface area contributed by atoms with Gasteiger partial charge >= 0.3 is 0 Å². The van der Waals surface area contributed by atoms with Gasteiger partial charge in [-0.3, -0.25) is 9.98 Å². The molecule has 2 nitrogen and oxygen atoms in total. The molecule has 2 aromatic carbocycles. The van der Waals surface area contributed by atoms with Crippen LogP contribution in [0.2, 0.25) is 0 Å². The standard InChI is InChI=1S/C20H12F8I2N2/c21-11-7(19(29)17(27)15(25)13(11)23)5-31-9-3-1-2-4-10(9)32-6-8-12(22)14(24)16(26)18(28)20(8)30/h5-6,9-10H,1-4H2/t9-,10-/m0/s1. The predicted molar refractivity (Wildman–Crippen MR) is 119 cm³/mol. The summed E-state index contributed by atoms with van der Waals surface area (Å²) in [6, 6.07) is -1.25. The topological polar surface area (TPSA) is 24.7 Å². The monoisotopic (exact) mass is 686 g/mol. The summed E-state index contributed by atoms with van der Waals surface area (Å²) in [5, 5.41) is 0. The van der Waals surface area contributed by atoms with Crippen LogP contribution in [0.1, 0.15) is 36.8 Å². The van der Waals surface area contributed by atoms with E-state index in [4.69, 9.17) is 0 Å². The van der Waals surface area contributed by atoms with E-state index < -0.39 is 76.9 Å². The Bertz CT molecular complexity index is 974. The molecule has 2 aromatic rings. The van der Waals surface area contributed by atoms with Crippen molar-refractivity contribution in [2.45, 2.75) is 37.8 Å². The van der Waals surface area contributed by atoms with Crippen molar-refractivity contribution in [1.29, 1.82) is 0 Å². The molecule has 0 spiro atoms. The van der Waals surface area contributed by atoms with Crippen molar-refractivity contribution in [3.8, 4) is 0 Å². The largest absolute Gasteiger partial charge is 0.287 e. The summed E-state index contributed by atoms with van der Waals surface area (Å²) < 4.78 is 108. The Hall–Kier alpha value is -1.32. The van der Waals surface area contributed by atoms with Gasteiger partial charge in [-0.2, -0.15) is 0 Å². The number of halogens is 10. The van der Waals surface area contributed by atoms with Crippen LogP contribution >= 0.6 is 45.2 Å². The molecule has 0 bridgehead atoms. The predicted octanol–water partition coefficient (Wildman–Crippen LogP) is 6.86. The highest BCUT2D eigenvalue weighted by molar-refractivity contribution is 14.1. The minimum atomic E-state index is -1.96. The maximum Gasteiger partial charge on any atom is 0.198 e. The van der Waals surface area contributed by atoms with Gasteiger partial charge in [-0.05, 0) is 58.0 Å². The quantitative estimate of drug-likeness (QED) is 0.111. The second-order valence-corrected chi connectivity index (χ2v) is 9.10. The first-order valence-electron chi connectivity index (χ1n) is 9.15. The molecule has 0 amide bonds. The average molecular weight is 686 g/mol. The Kier molecular flexibility index (Phi) is 8.15.